The normalized spacial score (nSPS) is 12.4. The summed E-state index contributed by atoms with van der Waals surface area (Å²) in [5, 5.41) is 7.52. The van der Waals surface area contributed by atoms with Crippen molar-refractivity contribution < 1.29 is 0 Å². The van der Waals surface area contributed by atoms with Gasteiger partial charge in [0.05, 0.1) is 0 Å². The lowest BCUT2D eigenvalue weighted by atomic mass is 10.0. The molecule has 0 aromatic heterocycles. The third-order valence-electron chi connectivity index (χ3n) is 8.07. The van der Waals surface area contributed by atoms with Gasteiger partial charge in [0.1, 0.15) is 0 Å². The van der Waals surface area contributed by atoms with Crippen molar-refractivity contribution in [2.75, 3.05) is 19.6 Å². The molecule has 0 amide bonds. The molecule has 1 unspecified atom stereocenters. The van der Waals surface area contributed by atoms with Crippen molar-refractivity contribution in [1.29, 1.82) is 0 Å². The van der Waals surface area contributed by atoms with Gasteiger partial charge in [0.15, 0.2) is 0 Å². The van der Waals surface area contributed by atoms with Crippen LogP contribution in [0.1, 0.15) is 194 Å². The Labute approximate surface area is 230 Å². The maximum atomic E-state index is 3.83. The lowest BCUT2D eigenvalue weighted by molar-refractivity contribution is 0.435. The first-order valence-electron chi connectivity index (χ1n) is 17.3. The molecule has 0 aliphatic rings. The van der Waals surface area contributed by atoms with E-state index in [1.54, 1.807) is 0 Å². The van der Waals surface area contributed by atoms with Crippen LogP contribution in [0.2, 0.25) is 0 Å². The summed E-state index contributed by atoms with van der Waals surface area (Å²) in [6.07, 6.45) is 38.5. The summed E-state index contributed by atoms with van der Waals surface area (Å²) >= 11 is 0. The van der Waals surface area contributed by atoms with Gasteiger partial charge in [-0.1, -0.05) is 162 Å². The predicted octanol–water partition coefficient (Wildman–Crippen LogP) is 11.1. The molecular weight excluding hydrogens is 436 g/mol. The number of hydrogen-bond donors (Lipinski definition) is 2. The van der Waals surface area contributed by atoms with Crippen molar-refractivity contribution >= 4 is 0 Å². The Morgan fingerprint density at radius 2 is 0.694 bits per heavy atom. The van der Waals surface area contributed by atoms with Crippen LogP contribution in [0.15, 0.2) is 0 Å². The Morgan fingerprint density at radius 3 is 1.08 bits per heavy atom. The van der Waals surface area contributed by atoms with Gasteiger partial charge in [-0.3, -0.25) is 0 Å². The number of unbranched alkanes of at least 4 members (excludes halogenated alkanes) is 22. The average molecular weight is 509 g/mol. The van der Waals surface area contributed by atoms with Gasteiger partial charge < -0.3 is 10.6 Å². The molecule has 0 saturated heterocycles. The molecule has 0 heterocycles. The van der Waals surface area contributed by atoms with Crippen molar-refractivity contribution in [3.63, 3.8) is 0 Å². The summed E-state index contributed by atoms with van der Waals surface area (Å²) in [4.78, 5) is 0. The Bertz CT molecular complexity index is 370. The number of hydrogen-bond acceptors (Lipinski definition) is 2. The molecule has 0 radical (unpaired) electrons. The molecule has 0 aliphatic heterocycles. The summed E-state index contributed by atoms with van der Waals surface area (Å²) in [5.41, 5.74) is 0. The minimum atomic E-state index is 0.728. The van der Waals surface area contributed by atoms with Crippen molar-refractivity contribution in [3.05, 3.63) is 0 Å². The molecule has 218 valence electrons. The molecule has 0 aromatic rings. The van der Waals surface area contributed by atoms with E-state index in [0.29, 0.717) is 0 Å². The Morgan fingerprint density at radius 1 is 0.361 bits per heavy atom. The maximum absolute atomic E-state index is 3.83. The highest BCUT2D eigenvalue weighted by Crippen LogP contribution is 2.13. The summed E-state index contributed by atoms with van der Waals surface area (Å²) in [5.74, 6) is 0. The van der Waals surface area contributed by atoms with Crippen LogP contribution in [0, 0.1) is 0 Å². The molecule has 0 saturated carbocycles. The van der Waals surface area contributed by atoms with Gasteiger partial charge in [0.2, 0.25) is 0 Å². The largest absolute Gasteiger partial charge is 0.317 e. The summed E-state index contributed by atoms with van der Waals surface area (Å²) < 4.78 is 0. The van der Waals surface area contributed by atoms with E-state index in [4.69, 9.17) is 0 Å². The Balaban J connectivity index is 3.25. The van der Waals surface area contributed by atoms with Crippen LogP contribution in [-0.2, 0) is 0 Å². The minimum Gasteiger partial charge on any atom is -0.317 e. The fraction of sp³-hybridized carbons (Fsp3) is 1.00. The van der Waals surface area contributed by atoms with Crippen LogP contribution in [0.25, 0.3) is 0 Å². The second kappa shape index (κ2) is 32.9. The van der Waals surface area contributed by atoms with Gasteiger partial charge in [-0.25, -0.2) is 0 Å². The first kappa shape index (κ1) is 35.9. The topological polar surface area (TPSA) is 24.1 Å². The second-order valence-corrected chi connectivity index (χ2v) is 11.7. The van der Waals surface area contributed by atoms with E-state index in [1.165, 1.54) is 193 Å². The molecule has 0 aromatic carbocycles. The Hall–Kier alpha value is -0.0800. The van der Waals surface area contributed by atoms with Crippen molar-refractivity contribution in [2.45, 2.75) is 200 Å². The molecule has 0 spiro atoms. The second-order valence-electron chi connectivity index (χ2n) is 11.7. The summed E-state index contributed by atoms with van der Waals surface area (Å²) in [6, 6.07) is 0.728. The van der Waals surface area contributed by atoms with Gasteiger partial charge in [0, 0.05) is 6.04 Å². The fourth-order valence-corrected chi connectivity index (χ4v) is 5.41. The van der Waals surface area contributed by atoms with Gasteiger partial charge in [-0.05, 0) is 51.7 Å². The van der Waals surface area contributed by atoms with Crippen LogP contribution < -0.4 is 10.6 Å². The lowest BCUT2D eigenvalue weighted by Crippen LogP contribution is -2.30. The van der Waals surface area contributed by atoms with Gasteiger partial charge in [-0.2, -0.15) is 0 Å². The van der Waals surface area contributed by atoms with E-state index < -0.39 is 0 Å². The van der Waals surface area contributed by atoms with Crippen molar-refractivity contribution in [1.82, 2.24) is 10.6 Å². The monoisotopic (exact) mass is 509 g/mol. The summed E-state index contributed by atoms with van der Waals surface area (Å²) in [6.45, 7) is 10.6. The van der Waals surface area contributed by atoms with E-state index in [-0.39, 0.29) is 0 Å². The van der Waals surface area contributed by atoms with Crippen molar-refractivity contribution in [3.8, 4) is 0 Å². The van der Waals surface area contributed by atoms with E-state index in [1.807, 2.05) is 0 Å². The molecule has 2 N–H and O–H groups in total. The van der Waals surface area contributed by atoms with Crippen LogP contribution in [0.3, 0.4) is 0 Å². The quantitative estimate of drug-likeness (QED) is 0.0882. The van der Waals surface area contributed by atoms with Crippen LogP contribution in [0.5, 0.6) is 0 Å². The molecule has 2 heteroatoms. The van der Waals surface area contributed by atoms with Crippen LogP contribution in [0.4, 0.5) is 0 Å². The van der Waals surface area contributed by atoms with Gasteiger partial charge in [-0.15, -0.1) is 0 Å². The lowest BCUT2D eigenvalue weighted by Gasteiger charge is -2.17. The molecule has 0 fully saturated rings. The third-order valence-corrected chi connectivity index (χ3v) is 8.07. The zero-order valence-electron chi connectivity index (χ0n) is 25.8. The van der Waals surface area contributed by atoms with E-state index in [2.05, 4.69) is 31.4 Å². The molecule has 2 nitrogen and oxygen atoms in total. The van der Waals surface area contributed by atoms with Crippen LogP contribution in [-0.4, -0.2) is 25.7 Å². The standard InChI is InChI=1S/C34H72N2/c1-4-7-9-11-13-15-17-19-21-23-25-27-31-35-32-29-30-34(6-3)36-33-28-26-24-22-20-18-16-14-12-10-8-5-2/h34-36H,4-33H2,1-3H3. The highest BCUT2D eigenvalue weighted by atomic mass is 14.9. The zero-order chi connectivity index (χ0) is 26.2. The molecule has 36 heavy (non-hydrogen) atoms. The molecule has 1 atom stereocenters. The Kier molecular flexibility index (Phi) is 32.9. The first-order valence-corrected chi connectivity index (χ1v) is 17.3. The molecule has 0 aliphatic carbocycles. The number of rotatable bonds is 32. The van der Waals surface area contributed by atoms with Crippen LogP contribution >= 0.6 is 0 Å². The van der Waals surface area contributed by atoms with Gasteiger partial charge in [0.25, 0.3) is 0 Å². The maximum Gasteiger partial charge on any atom is 0.00649 e. The first-order chi connectivity index (χ1) is 17.8. The molecular formula is C34H72N2. The summed E-state index contributed by atoms with van der Waals surface area (Å²) in [7, 11) is 0. The zero-order valence-corrected chi connectivity index (χ0v) is 25.8. The average Bonchev–Trinajstić information content (AvgIpc) is 2.89. The highest BCUT2D eigenvalue weighted by Gasteiger charge is 2.04. The predicted molar refractivity (Wildman–Crippen MR) is 166 cm³/mol. The molecule has 0 rings (SSSR count). The third kappa shape index (κ3) is 30.1. The minimum absolute atomic E-state index is 0.728. The highest BCUT2D eigenvalue weighted by molar-refractivity contribution is 4.66. The molecule has 0 bridgehead atoms. The van der Waals surface area contributed by atoms with E-state index >= 15 is 0 Å². The SMILES string of the molecule is CCCCCCCCCCCCCCNCCCC(CC)NCCCCCCCCCCCCCC. The van der Waals surface area contributed by atoms with Gasteiger partial charge >= 0.3 is 0 Å². The van der Waals surface area contributed by atoms with E-state index in [9.17, 15) is 0 Å². The van der Waals surface area contributed by atoms with E-state index in [0.717, 1.165) is 6.04 Å². The fourth-order valence-electron chi connectivity index (χ4n) is 5.41. The number of nitrogens with one attached hydrogen (secondary N) is 2. The van der Waals surface area contributed by atoms with Crippen molar-refractivity contribution in [2.24, 2.45) is 0 Å². The smallest absolute Gasteiger partial charge is 0.00649 e.